The molecule has 0 aliphatic carbocycles. The van der Waals surface area contributed by atoms with Crippen LogP contribution in [0.4, 0.5) is 5.69 Å². The molecule has 0 spiro atoms. The molecule has 1 aliphatic heterocycles. The molecule has 1 saturated heterocycles. The number of hydrogen-bond donors (Lipinski definition) is 8. The van der Waals surface area contributed by atoms with Crippen LogP contribution in [0.15, 0.2) is 24.3 Å². The highest BCUT2D eigenvalue weighted by Crippen LogP contribution is 2.24. The molecule has 8 N–H and O–H groups in total. The number of ketones is 1. The number of carbonyl (C=O) groups is 1. The first kappa shape index (κ1) is 24.6. The maximum atomic E-state index is 12.4. The quantitative estimate of drug-likeness (QED) is 0.187. The zero-order valence-corrected chi connectivity index (χ0v) is 16.4. The Morgan fingerprint density at radius 2 is 1.73 bits per heavy atom. The van der Waals surface area contributed by atoms with Gasteiger partial charge in [-0.2, -0.15) is 0 Å². The summed E-state index contributed by atoms with van der Waals surface area (Å²) >= 11 is 0. The van der Waals surface area contributed by atoms with Crippen molar-refractivity contribution in [1.82, 2.24) is 0 Å². The first-order valence-corrected chi connectivity index (χ1v) is 9.45. The zero-order chi connectivity index (χ0) is 22.4. The topological polar surface area (TPSA) is 189 Å². The Morgan fingerprint density at radius 3 is 2.30 bits per heavy atom. The second-order valence-electron chi connectivity index (χ2n) is 7.18. The molecular weight excluding hydrogens is 402 g/mol. The molecule has 2 rings (SSSR count). The molecule has 0 bridgehead atoms. The van der Waals surface area contributed by atoms with E-state index in [0.29, 0.717) is 5.69 Å². The van der Waals surface area contributed by atoms with Gasteiger partial charge in [0.25, 0.3) is 0 Å². The lowest BCUT2D eigenvalue weighted by atomic mass is 9.98. The molecule has 1 heterocycles. The maximum absolute atomic E-state index is 12.4. The van der Waals surface area contributed by atoms with Crippen LogP contribution in [0.3, 0.4) is 0 Å². The Hall–Kier alpha value is -1.67. The first-order valence-electron chi connectivity index (χ1n) is 9.45. The average Bonchev–Trinajstić information content (AvgIpc) is 2.75. The number of benzene rings is 1. The van der Waals surface area contributed by atoms with Crippen molar-refractivity contribution in [2.45, 2.75) is 55.9 Å². The number of anilines is 1. The number of hydrogen-bond acceptors (Lipinski definition) is 11. The standard InChI is InChI=1S/C19H29NO10/c1-9-2-4-10(5-3-9)20-6-11(23)14(25)18(12(24)7-21)30-19-17(28)16(27)15(26)13(8-22)29-19/h2-5,12-22,24-28H,6-8H2,1H3/t12-,13-,14-,15-,16+,17-,18?,19-/m1/s1. The molecule has 11 heteroatoms. The van der Waals surface area contributed by atoms with Crippen LogP contribution in [0.5, 0.6) is 0 Å². The van der Waals surface area contributed by atoms with Crippen LogP contribution >= 0.6 is 0 Å². The molecule has 11 nitrogen and oxygen atoms in total. The van der Waals surface area contributed by atoms with Crippen molar-refractivity contribution in [1.29, 1.82) is 0 Å². The van der Waals surface area contributed by atoms with Crippen LogP contribution < -0.4 is 5.32 Å². The minimum Gasteiger partial charge on any atom is -0.394 e. The molecule has 1 aromatic carbocycles. The fraction of sp³-hybridized carbons (Fsp3) is 0.632. The molecule has 1 unspecified atom stereocenters. The van der Waals surface area contributed by atoms with Crippen molar-refractivity contribution in [3.05, 3.63) is 29.8 Å². The van der Waals surface area contributed by atoms with E-state index < -0.39 is 68.0 Å². The van der Waals surface area contributed by atoms with Crippen molar-refractivity contribution in [3.8, 4) is 0 Å². The SMILES string of the molecule is Cc1ccc(NCC(=O)[C@@H](O)C(O[C@H]2O[C@H](CO)[C@@H](O)[C@H](O)[C@H]2O)[C@H](O)CO)cc1. The van der Waals surface area contributed by atoms with Gasteiger partial charge in [0.05, 0.1) is 19.8 Å². The fourth-order valence-electron chi connectivity index (χ4n) is 2.96. The van der Waals surface area contributed by atoms with Gasteiger partial charge in [0, 0.05) is 5.69 Å². The van der Waals surface area contributed by atoms with Crippen LogP contribution in [-0.2, 0) is 14.3 Å². The van der Waals surface area contributed by atoms with E-state index in [4.69, 9.17) is 9.47 Å². The van der Waals surface area contributed by atoms with Crippen LogP contribution in [0.2, 0.25) is 0 Å². The summed E-state index contributed by atoms with van der Waals surface area (Å²) in [4.78, 5) is 12.4. The number of aliphatic hydroxyl groups excluding tert-OH is 7. The summed E-state index contributed by atoms with van der Waals surface area (Å²) in [5, 5.41) is 71.4. The highest BCUT2D eigenvalue weighted by Gasteiger charge is 2.46. The largest absolute Gasteiger partial charge is 0.394 e. The van der Waals surface area contributed by atoms with E-state index in [0.717, 1.165) is 5.56 Å². The average molecular weight is 431 g/mol. The molecular formula is C19H29NO10. The van der Waals surface area contributed by atoms with Crippen molar-refractivity contribution >= 4 is 11.5 Å². The first-order chi connectivity index (χ1) is 14.2. The maximum Gasteiger partial charge on any atom is 0.187 e. The monoisotopic (exact) mass is 431 g/mol. The number of aryl methyl sites for hydroxylation is 1. The molecule has 0 amide bonds. The summed E-state index contributed by atoms with van der Waals surface area (Å²) < 4.78 is 10.5. The lowest BCUT2D eigenvalue weighted by molar-refractivity contribution is -0.323. The van der Waals surface area contributed by atoms with E-state index in [-0.39, 0.29) is 6.54 Å². The van der Waals surface area contributed by atoms with E-state index in [1.54, 1.807) is 12.1 Å². The predicted molar refractivity (Wildman–Crippen MR) is 102 cm³/mol. The molecule has 30 heavy (non-hydrogen) atoms. The van der Waals surface area contributed by atoms with Crippen molar-refractivity contribution in [2.75, 3.05) is 25.1 Å². The minimum atomic E-state index is -1.92. The van der Waals surface area contributed by atoms with Crippen molar-refractivity contribution < 1.29 is 50.0 Å². The van der Waals surface area contributed by atoms with Gasteiger partial charge in [-0.3, -0.25) is 4.79 Å². The number of carbonyl (C=O) groups excluding carboxylic acids is 1. The minimum absolute atomic E-state index is 0.323. The summed E-state index contributed by atoms with van der Waals surface area (Å²) in [6, 6.07) is 7.12. The second kappa shape index (κ2) is 11.1. The zero-order valence-electron chi connectivity index (χ0n) is 16.4. The Labute approximate surface area is 173 Å². The molecule has 0 aromatic heterocycles. The molecule has 0 radical (unpaired) electrons. The van der Waals surface area contributed by atoms with Gasteiger partial charge in [0.1, 0.15) is 42.7 Å². The van der Waals surface area contributed by atoms with Crippen LogP contribution in [0.1, 0.15) is 5.56 Å². The number of ether oxygens (including phenoxy) is 2. The van der Waals surface area contributed by atoms with E-state index in [1.165, 1.54) is 0 Å². The fourth-order valence-corrected chi connectivity index (χ4v) is 2.96. The summed E-state index contributed by atoms with van der Waals surface area (Å²) in [6.07, 6.45) is -13.5. The summed E-state index contributed by atoms with van der Waals surface area (Å²) in [5.41, 5.74) is 1.64. The van der Waals surface area contributed by atoms with Gasteiger partial charge >= 0.3 is 0 Å². The molecule has 1 fully saturated rings. The Balaban J connectivity index is 2.06. The molecule has 1 aliphatic rings. The normalized spacial score (nSPS) is 29.8. The second-order valence-corrected chi connectivity index (χ2v) is 7.18. The predicted octanol–water partition coefficient (Wildman–Crippen LogP) is -3.12. The van der Waals surface area contributed by atoms with Crippen LogP contribution in [0.25, 0.3) is 0 Å². The molecule has 1 aromatic rings. The highest BCUT2D eigenvalue weighted by atomic mass is 16.7. The Bertz CT molecular complexity index is 670. The van der Waals surface area contributed by atoms with Crippen LogP contribution in [0, 0.1) is 6.92 Å². The van der Waals surface area contributed by atoms with Crippen LogP contribution in [-0.4, -0.2) is 110 Å². The molecule has 170 valence electrons. The molecule has 8 atom stereocenters. The van der Waals surface area contributed by atoms with Gasteiger partial charge < -0.3 is 50.5 Å². The van der Waals surface area contributed by atoms with E-state index >= 15 is 0 Å². The van der Waals surface area contributed by atoms with Crippen molar-refractivity contribution in [2.24, 2.45) is 0 Å². The summed E-state index contributed by atoms with van der Waals surface area (Å²) in [7, 11) is 0. The van der Waals surface area contributed by atoms with E-state index in [9.17, 15) is 40.5 Å². The third kappa shape index (κ3) is 5.94. The summed E-state index contributed by atoms with van der Waals surface area (Å²) in [5.74, 6) is -0.780. The third-order valence-electron chi connectivity index (χ3n) is 4.87. The number of rotatable bonds is 10. The smallest absolute Gasteiger partial charge is 0.187 e. The Morgan fingerprint density at radius 1 is 1.10 bits per heavy atom. The van der Waals surface area contributed by atoms with Crippen molar-refractivity contribution in [3.63, 3.8) is 0 Å². The number of aliphatic hydroxyl groups is 7. The van der Waals surface area contributed by atoms with Gasteiger partial charge in [0.15, 0.2) is 12.1 Å². The van der Waals surface area contributed by atoms with E-state index in [1.807, 2.05) is 19.1 Å². The van der Waals surface area contributed by atoms with Gasteiger partial charge in [-0.1, -0.05) is 17.7 Å². The van der Waals surface area contributed by atoms with Gasteiger partial charge in [-0.25, -0.2) is 0 Å². The Kier molecular flexibility index (Phi) is 9.09. The molecule has 0 saturated carbocycles. The lowest BCUT2D eigenvalue weighted by Crippen LogP contribution is -2.61. The van der Waals surface area contributed by atoms with Gasteiger partial charge in [-0.15, -0.1) is 0 Å². The third-order valence-corrected chi connectivity index (χ3v) is 4.87. The highest BCUT2D eigenvalue weighted by molar-refractivity contribution is 5.87. The lowest BCUT2D eigenvalue weighted by Gasteiger charge is -2.41. The van der Waals surface area contributed by atoms with Gasteiger partial charge in [0.2, 0.25) is 0 Å². The summed E-state index contributed by atoms with van der Waals surface area (Å²) in [6.45, 7) is -0.00927. The number of nitrogens with one attached hydrogen (secondary N) is 1. The number of Topliss-reactive ketones (excluding diaryl/α,β-unsaturated/α-hetero) is 1. The van der Waals surface area contributed by atoms with E-state index in [2.05, 4.69) is 5.32 Å². The van der Waals surface area contributed by atoms with Gasteiger partial charge in [-0.05, 0) is 19.1 Å².